The van der Waals surface area contributed by atoms with Gasteiger partial charge in [0.15, 0.2) is 0 Å². The van der Waals surface area contributed by atoms with Gasteiger partial charge in [-0.15, -0.1) is 0 Å². The highest BCUT2D eigenvalue weighted by molar-refractivity contribution is 5.76. The summed E-state index contributed by atoms with van der Waals surface area (Å²) in [6.07, 6.45) is 7.45. The molecule has 1 aliphatic rings. The Bertz CT molecular complexity index is 395. The van der Waals surface area contributed by atoms with E-state index in [2.05, 4.69) is 36.7 Å². The summed E-state index contributed by atoms with van der Waals surface area (Å²) in [7, 11) is 0. The molecular formula is C14H23N3O. The molecule has 4 heteroatoms. The minimum atomic E-state index is 0.119. The molecular weight excluding hydrogens is 226 g/mol. The Morgan fingerprint density at radius 2 is 2.33 bits per heavy atom. The fourth-order valence-electron chi connectivity index (χ4n) is 1.96. The van der Waals surface area contributed by atoms with Crippen LogP contribution in [-0.2, 0) is 11.3 Å². The molecule has 1 aromatic rings. The summed E-state index contributed by atoms with van der Waals surface area (Å²) in [6.45, 7) is 5.76. The molecule has 0 aromatic carbocycles. The smallest absolute Gasteiger partial charge is 0.240 e. The first kappa shape index (κ1) is 13.1. The van der Waals surface area contributed by atoms with Crippen LogP contribution in [0.15, 0.2) is 18.5 Å². The average Bonchev–Trinajstić information content (AvgIpc) is 3.02. The van der Waals surface area contributed by atoms with Crippen LogP contribution in [0.2, 0.25) is 0 Å². The van der Waals surface area contributed by atoms with Gasteiger partial charge in [0.2, 0.25) is 5.91 Å². The summed E-state index contributed by atoms with van der Waals surface area (Å²) in [5.74, 6) is 0.119. The maximum Gasteiger partial charge on any atom is 0.240 e. The van der Waals surface area contributed by atoms with Gasteiger partial charge in [-0.25, -0.2) is 0 Å². The fourth-order valence-corrected chi connectivity index (χ4v) is 1.96. The molecule has 2 rings (SSSR count). The second-order valence-electron chi connectivity index (χ2n) is 5.13. The van der Waals surface area contributed by atoms with E-state index in [4.69, 9.17) is 0 Å². The standard InChI is InChI=1S/C14H23N3O/c1-3-7-15-11(2)12-6-8-17(9-12)10-14(18)16-13-4-5-13/h6,8-9,11,13,15H,3-5,7,10H2,1-2H3,(H,16,18). The van der Waals surface area contributed by atoms with Crippen LogP contribution in [0.3, 0.4) is 0 Å². The summed E-state index contributed by atoms with van der Waals surface area (Å²) in [5.41, 5.74) is 1.24. The number of amides is 1. The van der Waals surface area contributed by atoms with Crippen molar-refractivity contribution >= 4 is 5.91 Å². The Morgan fingerprint density at radius 1 is 1.56 bits per heavy atom. The lowest BCUT2D eigenvalue weighted by atomic mass is 10.2. The Kier molecular flexibility index (Phi) is 4.42. The Hall–Kier alpha value is -1.29. The first-order chi connectivity index (χ1) is 8.69. The van der Waals surface area contributed by atoms with Gasteiger partial charge in [-0.1, -0.05) is 6.92 Å². The van der Waals surface area contributed by atoms with Crippen LogP contribution >= 0.6 is 0 Å². The van der Waals surface area contributed by atoms with Crippen molar-refractivity contribution in [2.45, 2.75) is 51.7 Å². The minimum Gasteiger partial charge on any atom is -0.352 e. The van der Waals surface area contributed by atoms with E-state index in [9.17, 15) is 4.79 Å². The molecule has 1 fully saturated rings. The molecule has 0 radical (unpaired) electrons. The molecule has 1 aliphatic carbocycles. The van der Waals surface area contributed by atoms with E-state index in [1.54, 1.807) is 0 Å². The van der Waals surface area contributed by atoms with E-state index >= 15 is 0 Å². The largest absolute Gasteiger partial charge is 0.352 e. The molecule has 100 valence electrons. The van der Waals surface area contributed by atoms with E-state index in [-0.39, 0.29) is 5.91 Å². The number of nitrogens with zero attached hydrogens (tertiary/aromatic N) is 1. The molecule has 0 bridgehead atoms. The Labute approximate surface area is 109 Å². The van der Waals surface area contributed by atoms with E-state index < -0.39 is 0 Å². The monoisotopic (exact) mass is 249 g/mol. The van der Waals surface area contributed by atoms with Crippen molar-refractivity contribution in [3.63, 3.8) is 0 Å². The number of hydrogen-bond donors (Lipinski definition) is 2. The molecule has 1 saturated carbocycles. The summed E-state index contributed by atoms with van der Waals surface area (Å²) in [5, 5.41) is 6.44. The predicted octanol–water partition coefficient (Wildman–Crippen LogP) is 1.83. The number of carbonyl (C=O) groups excluding carboxylic acids is 1. The maximum absolute atomic E-state index is 11.7. The maximum atomic E-state index is 11.7. The molecule has 0 spiro atoms. The van der Waals surface area contributed by atoms with Crippen molar-refractivity contribution in [3.05, 3.63) is 24.0 Å². The van der Waals surface area contributed by atoms with Crippen LogP contribution in [0.4, 0.5) is 0 Å². The average molecular weight is 249 g/mol. The summed E-state index contributed by atoms with van der Waals surface area (Å²) in [6, 6.07) is 2.87. The number of nitrogens with one attached hydrogen (secondary N) is 2. The molecule has 1 aromatic heterocycles. The van der Waals surface area contributed by atoms with Crippen LogP contribution in [0.5, 0.6) is 0 Å². The van der Waals surface area contributed by atoms with Gasteiger partial charge in [0.05, 0.1) is 0 Å². The summed E-state index contributed by atoms with van der Waals surface area (Å²) >= 11 is 0. The van der Waals surface area contributed by atoms with Gasteiger partial charge in [-0.2, -0.15) is 0 Å². The summed E-state index contributed by atoms with van der Waals surface area (Å²) < 4.78 is 1.96. The van der Waals surface area contributed by atoms with Crippen molar-refractivity contribution in [2.75, 3.05) is 6.54 Å². The van der Waals surface area contributed by atoms with Crippen LogP contribution in [0.25, 0.3) is 0 Å². The van der Waals surface area contributed by atoms with Gasteiger partial charge in [0, 0.05) is 24.5 Å². The van der Waals surface area contributed by atoms with Crippen molar-refractivity contribution in [1.29, 1.82) is 0 Å². The minimum absolute atomic E-state index is 0.119. The molecule has 4 nitrogen and oxygen atoms in total. The number of hydrogen-bond acceptors (Lipinski definition) is 2. The van der Waals surface area contributed by atoms with Gasteiger partial charge in [0.25, 0.3) is 0 Å². The number of carbonyl (C=O) groups is 1. The third kappa shape index (κ3) is 3.88. The molecule has 1 unspecified atom stereocenters. The van der Waals surface area contributed by atoms with Gasteiger partial charge in [0.1, 0.15) is 6.54 Å². The second-order valence-corrected chi connectivity index (χ2v) is 5.13. The highest BCUT2D eigenvalue weighted by Gasteiger charge is 2.23. The lowest BCUT2D eigenvalue weighted by Gasteiger charge is -2.11. The van der Waals surface area contributed by atoms with Crippen molar-refractivity contribution < 1.29 is 4.79 Å². The SMILES string of the molecule is CCCNC(C)c1ccn(CC(=O)NC2CC2)c1. The van der Waals surface area contributed by atoms with Crippen LogP contribution in [-0.4, -0.2) is 23.1 Å². The third-order valence-corrected chi connectivity index (χ3v) is 3.24. The molecule has 2 N–H and O–H groups in total. The van der Waals surface area contributed by atoms with Crippen LogP contribution in [0, 0.1) is 0 Å². The second kappa shape index (κ2) is 6.05. The van der Waals surface area contributed by atoms with Gasteiger partial charge >= 0.3 is 0 Å². The molecule has 18 heavy (non-hydrogen) atoms. The molecule has 0 saturated heterocycles. The third-order valence-electron chi connectivity index (χ3n) is 3.24. The Morgan fingerprint density at radius 3 is 3.00 bits per heavy atom. The highest BCUT2D eigenvalue weighted by atomic mass is 16.2. The van der Waals surface area contributed by atoms with E-state index in [1.165, 1.54) is 5.56 Å². The quantitative estimate of drug-likeness (QED) is 0.774. The fraction of sp³-hybridized carbons (Fsp3) is 0.643. The van der Waals surface area contributed by atoms with Crippen LogP contribution < -0.4 is 10.6 Å². The van der Waals surface area contributed by atoms with E-state index in [0.29, 0.717) is 18.6 Å². The Balaban J connectivity index is 1.82. The topological polar surface area (TPSA) is 46.1 Å². The summed E-state index contributed by atoms with van der Waals surface area (Å²) in [4.78, 5) is 11.7. The first-order valence-corrected chi connectivity index (χ1v) is 6.87. The van der Waals surface area contributed by atoms with Crippen molar-refractivity contribution in [3.8, 4) is 0 Å². The molecule has 1 heterocycles. The number of aromatic nitrogens is 1. The lowest BCUT2D eigenvalue weighted by molar-refractivity contribution is -0.121. The molecule has 1 amide bonds. The van der Waals surface area contributed by atoms with E-state index in [1.807, 2.05) is 10.8 Å². The van der Waals surface area contributed by atoms with E-state index in [0.717, 1.165) is 25.8 Å². The van der Waals surface area contributed by atoms with Gasteiger partial charge in [-0.3, -0.25) is 4.79 Å². The van der Waals surface area contributed by atoms with Gasteiger partial charge < -0.3 is 15.2 Å². The molecule has 1 atom stereocenters. The van der Waals surface area contributed by atoms with Crippen molar-refractivity contribution in [2.24, 2.45) is 0 Å². The lowest BCUT2D eigenvalue weighted by Crippen LogP contribution is -2.28. The zero-order valence-electron chi connectivity index (χ0n) is 11.3. The zero-order valence-corrected chi connectivity index (χ0v) is 11.3. The normalized spacial score (nSPS) is 16.6. The first-order valence-electron chi connectivity index (χ1n) is 6.87. The number of rotatable bonds is 7. The predicted molar refractivity (Wildman–Crippen MR) is 72.3 cm³/mol. The zero-order chi connectivity index (χ0) is 13.0. The highest BCUT2D eigenvalue weighted by Crippen LogP contribution is 2.18. The van der Waals surface area contributed by atoms with Gasteiger partial charge in [-0.05, 0) is 44.4 Å². The molecule has 0 aliphatic heterocycles. The van der Waals surface area contributed by atoms with Crippen molar-refractivity contribution in [1.82, 2.24) is 15.2 Å². The van der Waals surface area contributed by atoms with Crippen LogP contribution in [0.1, 0.15) is 44.7 Å².